The van der Waals surface area contributed by atoms with Crippen LogP contribution in [0.4, 0.5) is 17.1 Å². The molecule has 0 spiro atoms. The van der Waals surface area contributed by atoms with Crippen molar-refractivity contribution < 1.29 is 0 Å². The Kier molecular flexibility index (Phi) is 6.16. The van der Waals surface area contributed by atoms with Crippen molar-refractivity contribution in [2.24, 2.45) is 0 Å². The second-order valence-corrected chi connectivity index (χ2v) is 14.8. The van der Waals surface area contributed by atoms with Crippen LogP contribution < -0.4 is 4.90 Å². The Morgan fingerprint density at radius 1 is 0.429 bits per heavy atom. The molecule has 0 atom stereocenters. The van der Waals surface area contributed by atoms with Crippen LogP contribution in [0.2, 0.25) is 0 Å². The number of nitrogens with zero attached hydrogens (tertiary/aromatic N) is 1. The van der Waals surface area contributed by atoms with Crippen LogP contribution in [0.15, 0.2) is 164 Å². The van der Waals surface area contributed by atoms with Gasteiger partial charge in [0.1, 0.15) is 0 Å². The molecule has 10 rings (SSSR count). The minimum atomic E-state index is -0.0706. The van der Waals surface area contributed by atoms with E-state index in [-0.39, 0.29) is 5.41 Å². The normalized spacial score (nSPS) is 13.3. The van der Waals surface area contributed by atoms with Gasteiger partial charge in [-0.1, -0.05) is 123 Å². The van der Waals surface area contributed by atoms with E-state index in [4.69, 9.17) is 0 Å². The molecule has 0 amide bonds. The molecule has 1 aliphatic carbocycles. The maximum Gasteiger partial charge on any atom is 0.0468 e. The largest absolute Gasteiger partial charge is 0.310 e. The molecule has 49 heavy (non-hydrogen) atoms. The Balaban J connectivity index is 1.15. The Morgan fingerprint density at radius 2 is 1.14 bits per heavy atom. The number of rotatable bonds is 4. The van der Waals surface area contributed by atoms with Crippen LogP contribution in [0.3, 0.4) is 0 Å². The van der Waals surface area contributed by atoms with E-state index in [1.807, 2.05) is 11.3 Å². The predicted molar refractivity (Wildman–Crippen MR) is 212 cm³/mol. The van der Waals surface area contributed by atoms with Gasteiger partial charge in [-0.15, -0.1) is 11.3 Å². The quantitative estimate of drug-likeness (QED) is 0.173. The standard InChI is InChI=1S/C47H33NS/c1-47(2)42-17-9-8-15-39(42)40-25-22-35(29-43(40)47)48(33-12-4-3-5-13-33)34-23-26-44-41(28-34)46-38(16-10-18-45(46)49-44)32-21-24-37-31(27-32)20-19-30-11-6-7-14-36(30)37/h3-29H,1-2H3. The predicted octanol–water partition coefficient (Wildman–Crippen LogP) is 13.8. The van der Waals surface area contributed by atoms with Crippen molar-refractivity contribution in [2.45, 2.75) is 19.3 Å². The highest BCUT2D eigenvalue weighted by molar-refractivity contribution is 7.26. The lowest BCUT2D eigenvalue weighted by atomic mass is 9.82. The SMILES string of the molecule is CC1(C)c2ccccc2-c2ccc(N(c3ccccc3)c3ccc4sc5cccc(-c6ccc7c(ccc8ccccc87)c6)c5c4c3)cc21. The van der Waals surface area contributed by atoms with Crippen molar-refractivity contribution in [1.82, 2.24) is 0 Å². The summed E-state index contributed by atoms with van der Waals surface area (Å²) in [4.78, 5) is 2.42. The topological polar surface area (TPSA) is 3.24 Å². The smallest absolute Gasteiger partial charge is 0.0468 e. The molecule has 1 nitrogen and oxygen atoms in total. The van der Waals surface area contributed by atoms with E-state index in [2.05, 4.69) is 183 Å². The Labute approximate surface area is 290 Å². The molecule has 0 aliphatic heterocycles. The molecule has 0 saturated heterocycles. The van der Waals surface area contributed by atoms with Crippen molar-refractivity contribution in [2.75, 3.05) is 4.90 Å². The van der Waals surface area contributed by atoms with Crippen LogP contribution in [0.5, 0.6) is 0 Å². The summed E-state index contributed by atoms with van der Waals surface area (Å²) < 4.78 is 2.61. The minimum Gasteiger partial charge on any atom is -0.310 e. The molecule has 0 bridgehead atoms. The first-order chi connectivity index (χ1) is 24.0. The summed E-state index contributed by atoms with van der Waals surface area (Å²) in [6.45, 7) is 4.71. The van der Waals surface area contributed by atoms with Gasteiger partial charge in [-0.25, -0.2) is 0 Å². The van der Waals surface area contributed by atoms with Crippen LogP contribution in [-0.2, 0) is 5.41 Å². The lowest BCUT2D eigenvalue weighted by Gasteiger charge is -2.28. The third kappa shape index (κ3) is 4.31. The van der Waals surface area contributed by atoms with Crippen molar-refractivity contribution in [1.29, 1.82) is 0 Å². The fraction of sp³-hybridized carbons (Fsp3) is 0.0638. The van der Waals surface area contributed by atoms with Gasteiger partial charge in [0.2, 0.25) is 0 Å². The van der Waals surface area contributed by atoms with E-state index in [1.54, 1.807) is 0 Å². The first-order valence-corrected chi connectivity index (χ1v) is 17.8. The molecule has 0 unspecified atom stereocenters. The number of benzene rings is 8. The molecule has 0 N–H and O–H groups in total. The Morgan fingerprint density at radius 3 is 2.06 bits per heavy atom. The van der Waals surface area contributed by atoms with Crippen LogP contribution in [0.1, 0.15) is 25.0 Å². The highest BCUT2D eigenvalue weighted by Gasteiger charge is 2.35. The van der Waals surface area contributed by atoms with Gasteiger partial charge >= 0.3 is 0 Å². The fourth-order valence-electron chi connectivity index (χ4n) is 8.23. The lowest BCUT2D eigenvalue weighted by molar-refractivity contribution is 0.660. The number of hydrogen-bond acceptors (Lipinski definition) is 2. The zero-order valence-electron chi connectivity index (χ0n) is 27.4. The van der Waals surface area contributed by atoms with Crippen molar-refractivity contribution in [3.05, 3.63) is 175 Å². The molecule has 0 radical (unpaired) electrons. The summed E-state index contributed by atoms with van der Waals surface area (Å²) in [5, 5.41) is 7.76. The third-order valence-electron chi connectivity index (χ3n) is 10.6. The molecule has 8 aromatic carbocycles. The molecule has 0 fully saturated rings. The molecular formula is C47H33NS. The summed E-state index contributed by atoms with van der Waals surface area (Å²) >= 11 is 1.88. The average molecular weight is 644 g/mol. The number of para-hydroxylation sites is 1. The summed E-state index contributed by atoms with van der Waals surface area (Å²) in [5.41, 5.74) is 11.4. The first-order valence-electron chi connectivity index (χ1n) is 17.0. The Hall–Kier alpha value is -5.70. The van der Waals surface area contributed by atoms with Gasteiger partial charge in [0.05, 0.1) is 0 Å². The van der Waals surface area contributed by atoms with E-state index in [1.165, 1.54) is 80.8 Å². The van der Waals surface area contributed by atoms with Crippen LogP contribution >= 0.6 is 11.3 Å². The maximum atomic E-state index is 2.42. The van der Waals surface area contributed by atoms with Gasteiger partial charge in [0.25, 0.3) is 0 Å². The van der Waals surface area contributed by atoms with Crippen molar-refractivity contribution in [3.8, 4) is 22.3 Å². The zero-order chi connectivity index (χ0) is 32.7. The van der Waals surface area contributed by atoms with E-state index >= 15 is 0 Å². The number of thiophene rings is 1. The van der Waals surface area contributed by atoms with Gasteiger partial charge in [0.15, 0.2) is 0 Å². The third-order valence-corrected chi connectivity index (χ3v) is 11.8. The van der Waals surface area contributed by atoms with Gasteiger partial charge in [-0.3, -0.25) is 0 Å². The van der Waals surface area contributed by atoms with E-state index < -0.39 is 0 Å². The summed E-state index contributed by atoms with van der Waals surface area (Å²) in [6, 6.07) is 60.6. The molecular weight excluding hydrogens is 611 g/mol. The highest BCUT2D eigenvalue weighted by atomic mass is 32.1. The van der Waals surface area contributed by atoms with Crippen LogP contribution in [0, 0.1) is 0 Å². The zero-order valence-corrected chi connectivity index (χ0v) is 28.3. The lowest BCUT2D eigenvalue weighted by Crippen LogP contribution is -2.16. The average Bonchev–Trinajstić information content (AvgIpc) is 3.63. The Bertz CT molecular complexity index is 2750. The van der Waals surface area contributed by atoms with E-state index in [9.17, 15) is 0 Å². The van der Waals surface area contributed by atoms with Gasteiger partial charge in [-0.05, 0) is 110 Å². The molecule has 1 aromatic heterocycles. The number of anilines is 3. The van der Waals surface area contributed by atoms with Gasteiger partial charge in [0, 0.05) is 42.6 Å². The number of hydrogen-bond donors (Lipinski definition) is 0. The molecule has 0 saturated carbocycles. The molecule has 9 aromatic rings. The van der Waals surface area contributed by atoms with Gasteiger partial charge < -0.3 is 4.90 Å². The fourth-order valence-corrected chi connectivity index (χ4v) is 9.34. The number of fused-ring (bicyclic) bond motifs is 9. The summed E-state index contributed by atoms with van der Waals surface area (Å²) in [6.07, 6.45) is 0. The molecule has 232 valence electrons. The maximum absolute atomic E-state index is 2.42. The van der Waals surface area contributed by atoms with Crippen molar-refractivity contribution in [3.63, 3.8) is 0 Å². The van der Waals surface area contributed by atoms with Crippen molar-refractivity contribution >= 4 is 70.1 Å². The molecule has 1 aliphatic rings. The second-order valence-electron chi connectivity index (χ2n) is 13.8. The van der Waals surface area contributed by atoms with Crippen LogP contribution in [0.25, 0.3) is 64.0 Å². The second kappa shape index (κ2) is 10.7. The van der Waals surface area contributed by atoms with Gasteiger partial charge in [-0.2, -0.15) is 0 Å². The molecule has 2 heteroatoms. The summed E-state index contributed by atoms with van der Waals surface area (Å²) in [7, 11) is 0. The van der Waals surface area contributed by atoms with Crippen LogP contribution in [-0.4, -0.2) is 0 Å². The monoisotopic (exact) mass is 643 g/mol. The van der Waals surface area contributed by atoms with E-state index in [0.29, 0.717) is 0 Å². The highest BCUT2D eigenvalue weighted by Crippen LogP contribution is 2.51. The minimum absolute atomic E-state index is 0.0706. The van der Waals surface area contributed by atoms with E-state index in [0.717, 1.165) is 11.4 Å². The summed E-state index contributed by atoms with van der Waals surface area (Å²) in [5.74, 6) is 0. The molecule has 1 heterocycles. The first kappa shape index (κ1) is 28.3.